The minimum absolute atomic E-state index is 0.252. The molecule has 144 valence electrons. The molecule has 0 aromatic heterocycles. The number of rotatable bonds is 7. The molecule has 2 rings (SSSR count). The Balaban J connectivity index is 2.04. The Bertz CT molecular complexity index is 851. The molecule has 0 saturated carbocycles. The van der Waals surface area contributed by atoms with Crippen LogP contribution in [0.25, 0.3) is 0 Å². The first kappa shape index (κ1) is 20.8. The van der Waals surface area contributed by atoms with Gasteiger partial charge in [-0.1, -0.05) is 12.1 Å². The van der Waals surface area contributed by atoms with E-state index in [9.17, 15) is 9.59 Å². The van der Waals surface area contributed by atoms with Gasteiger partial charge in [-0.3, -0.25) is 4.79 Å². The Labute approximate surface area is 166 Å². The number of carbonyl (C=O) groups is 2. The molecule has 0 atom stereocenters. The minimum atomic E-state index is -0.631. The molecule has 0 fully saturated rings. The summed E-state index contributed by atoms with van der Waals surface area (Å²) < 4.78 is 16.4. The molecular formula is C20H22BrNO5. The van der Waals surface area contributed by atoms with E-state index in [4.69, 9.17) is 14.2 Å². The standard InChI is InChI=1S/C20H22BrNO5/c1-5-26-19-15(21)9-14(10-17(19)25-4)20(24)27-11-18(23)22-16-8-6-7-12(2)13(16)3/h6-10H,5,11H2,1-4H3,(H,22,23). The number of esters is 1. The summed E-state index contributed by atoms with van der Waals surface area (Å²) in [6.45, 7) is 5.79. The highest BCUT2D eigenvalue weighted by Crippen LogP contribution is 2.36. The summed E-state index contributed by atoms with van der Waals surface area (Å²) in [4.78, 5) is 24.4. The molecule has 0 bridgehead atoms. The molecule has 0 unspecified atom stereocenters. The maximum Gasteiger partial charge on any atom is 0.338 e. The molecule has 7 heteroatoms. The van der Waals surface area contributed by atoms with Gasteiger partial charge in [-0.2, -0.15) is 0 Å². The van der Waals surface area contributed by atoms with Crippen molar-refractivity contribution in [3.63, 3.8) is 0 Å². The number of aryl methyl sites for hydroxylation is 1. The van der Waals surface area contributed by atoms with Gasteiger partial charge >= 0.3 is 5.97 Å². The lowest BCUT2D eigenvalue weighted by atomic mass is 10.1. The molecule has 0 heterocycles. The monoisotopic (exact) mass is 435 g/mol. The molecule has 2 aromatic carbocycles. The zero-order chi connectivity index (χ0) is 20.0. The number of nitrogens with one attached hydrogen (secondary N) is 1. The highest BCUT2D eigenvalue weighted by molar-refractivity contribution is 9.10. The first-order valence-electron chi connectivity index (χ1n) is 8.40. The predicted molar refractivity (Wildman–Crippen MR) is 107 cm³/mol. The number of benzene rings is 2. The molecule has 2 aromatic rings. The van der Waals surface area contributed by atoms with Crippen molar-refractivity contribution in [2.24, 2.45) is 0 Å². The van der Waals surface area contributed by atoms with Gasteiger partial charge in [0, 0.05) is 5.69 Å². The van der Waals surface area contributed by atoms with Crippen LogP contribution in [0, 0.1) is 13.8 Å². The summed E-state index contributed by atoms with van der Waals surface area (Å²) in [5.74, 6) is -0.135. The minimum Gasteiger partial charge on any atom is -0.493 e. The molecule has 0 aliphatic carbocycles. The van der Waals surface area contributed by atoms with Crippen molar-refractivity contribution >= 4 is 33.5 Å². The van der Waals surface area contributed by atoms with Crippen molar-refractivity contribution in [3.05, 3.63) is 51.5 Å². The van der Waals surface area contributed by atoms with Gasteiger partial charge in [-0.05, 0) is 66.0 Å². The zero-order valence-corrected chi connectivity index (χ0v) is 17.3. The van der Waals surface area contributed by atoms with Crippen LogP contribution in [-0.4, -0.2) is 32.2 Å². The number of hydrogen-bond acceptors (Lipinski definition) is 5. The van der Waals surface area contributed by atoms with Crippen LogP contribution in [0.1, 0.15) is 28.4 Å². The van der Waals surface area contributed by atoms with E-state index >= 15 is 0 Å². The average molecular weight is 436 g/mol. The molecule has 0 radical (unpaired) electrons. The Morgan fingerprint density at radius 1 is 1.19 bits per heavy atom. The van der Waals surface area contributed by atoms with Crippen LogP contribution < -0.4 is 14.8 Å². The number of hydrogen-bond donors (Lipinski definition) is 1. The van der Waals surface area contributed by atoms with E-state index in [0.29, 0.717) is 28.3 Å². The van der Waals surface area contributed by atoms with E-state index in [-0.39, 0.29) is 12.2 Å². The molecule has 0 saturated heterocycles. The van der Waals surface area contributed by atoms with Crippen LogP contribution in [0.15, 0.2) is 34.8 Å². The number of amides is 1. The molecule has 1 amide bonds. The van der Waals surface area contributed by atoms with E-state index < -0.39 is 11.9 Å². The molecule has 1 N–H and O–H groups in total. The third-order valence-electron chi connectivity index (χ3n) is 3.97. The fraction of sp³-hybridized carbons (Fsp3) is 0.300. The Kier molecular flexibility index (Phi) is 7.24. The summed E-state index contributed by atoms with van der Waals surface area (Å²) in [6.07, 6.45) is 0. The topological polar surface area (TPSA) is 73.9 Å². The normalized spacial score (nSPS) is 10.3. The zero-order valence-electron chi connectivity index (χ0n) is 15.7. The van der Waals surface area contributed by atoms with Crippen molar-refractivity contribution in [2.45, 2.75) is 20.8 Å². The van der Waals surface area contributed by atoms with Gasteiger partial charge in [-0.15, -0.1) is 0 Å². The molecule has 0 aliphatic rings. The number of carbonyl (C=O) groups excluding carboxylic acids is 2. The van der Waals surface area contributed by atoms with E-state index in [1.165, 1.54) is 13.2 Å². The first-order chi connectivity index (χ1) is 12.9. The second-order valence-corrected chi connectivity index (χ2v) is 6.65. The summed E-state index contributed by atoms with van der Waals surface area (Å²) in [6, 6.07) is 8.70. The van der Waals surface area contributed by atoms with Crippen molar-refractivity contribution in [1.82, 2.24) is 0 Å². The van der Waals surface area contributed by atoms with Crippen molar-refractivity contribution in [1.29, 1.82) is 0 Å². The summed E-state index contributed by atoms with van der Waals surface area (Å²) in [7, 11) is 1.48. The van der Waals surface area contributed by atoms with Crippen LogP contribution in [0.2, 0.25) is 0 Å². The van der Waals surface area contributed by atoms with E-state index in [2.05, 4.69) is 21.2 Å². The van der Waals surface area contributed by atoms with Crippen molar-refractivity contribution < 1.29 is 23.8 Å². The second-order valence-electron chi connectivity index (χ2n) is 5.79. The molecule has 0 aliphatic heterocycles. The van der Waals surface area contributed by atoms with Gasteiger partial charge in [0.15, 0.2) is 18.1 Å². The number of halogens is 1. The third kappa shape index (κ3) is 5.23. The van der Waals surface area contributed by atoms with Crippen molar-refractivity contribution in [3.8, 4) is 11.5 Å². The largest absolute Gasteiger partial charge is 0.493 e. The SMILES string of the molecule is CCOc1c(Br)cc(C(=O)OCC(=O)Nc2cccc(C)c2C)cc1OC. The molecule has 6 nitrogen and oxygen atoms in total. The lowest BCUT2D eigenvalue weighted by molar-refractivity contribution is -0.119. The maximum atomic E-state index is 12.3. The van der Waals surface area contributed by atoms with Crippen LogP contribution in [0.3, 0.4) is 0 Å². The Morgan fingerprint density at radius 2 is 1.93 bits per heavy atom. The van der Waals surface area contributed by atoms with Gasteiger partial charge in [0.1, 0.15) is 0 Å². The fourth-order valence-electron chi connectivity index (χ4n) is 2.41. The van der Waals surface area contributed by atoms with Crippen LogP contribution in [-0.2, 0) is 9.53 Å². The molecule has 0 spiro atoms. The number of ether oxygens (including phenoxy) is 3. The van der Waals surface area contributed by atoms with Gasteiger partial charge in [-0.25, -0.2) is 4.79 Å². The first-order valence-corrected chi connectivity index (χ1v) is 9.20. The molecule has 27 heavy (non-hydrogen) atoms. The average Bonchev–Trinajstić information content (AvgIpc) is 2.65. The number of methoxy groups -OCH3 is 1. The second kappa shape index (κ2) is 9.41. The summed E-state index contributed by atoms with van der Waals surface area (Å²) in [5, 5.41) is 2.75. The Morgan fingerprint density at radius 3 is 2.59 bits per heavy atom. The maximum absolute atomic E-state index is 12.3. The lowest BCUT2D eigenvalue weighted by Crippen LogP contribution is -2.21. The summed E-state index contributed by atoms with van der Waals surface area (Å²) in [5.41, 5.74) is 2.98. The highest BCUT2D eigenvalue weighted by Gasteiger charge is 2.17. The van der Waals surface area contributed by atoms with Crippen LogP contribution >= 0.6 is 15.9 Å². The van der Waals surface area contributed by atoms with Gasteiger partial charge in [0.25, 0.3) is 5.91 Å². The van der Waals surface area contributed by atoms with Gasteiger partial charge < -0.3 is 19.5 Å². The number of anilines is 1. The highest BCUT2D eigenvalue weighted by atomic mass is 79.9. The quantitative estimate of drug-likeness (QED) is 0.657. The fourth-order valence-corrected chi connectivity index (χ4v) is 2.97. The molecular weight excluding hydrogens is 414 g/mol. The smallest absolute Gasteiger partial charge is 0.338 e. The van der Waals surface area contributed by atoms with Gasteiger partial charge in [0.2, 0.25) is 0 Å². The van der Waals surface area contributed by atoms with Crippen molar-refractivity contribution in [2.75, 3.05) is 25.6 Å². The Hall–Kier alpha value is -2.54. The van der Waals surface area contributed by atoms with Crippen LogP contribution in [0.5, 0.6) is 11.5 Å². The van der Waals surface area contributed by atoms with E-state index in [1.807, 2.05) is 32.9 Å². The summed E-state index contributed by atoms with van der Waals surface area (Å²) >= 11 is 3.36. The van der Waals surface area contributed by atoms with Crippen LogP contribution in [0.4, 0.5) is 5.69 Å². The third-order valence-corrected chi connectivity index (χ3v) is 4.56. The van der Waals surface area contributed by atoms with E-state index in [0.717, 1.165) is 11.1 Å². The van der Waals surface area contributed by atoms with Gasteiger partial charge in [0.05, 0.1) is 23.8 Å². The lowest BCUT2D eigenvalue weighted by Gasteiger charge is -2.13. The van der Waals surface area contributed by atoms with E-state index in [1.54, 1.807) is 12.1 Å². The predicted octanol–water partition coefficient (Wildman–Crippen LogP) is 4.27.